The van der Waals surface area contributed by atoms with E-state index in [1.165, 1.54) is 5.57 Å². The van der Waals surface area contributed by atoms with Crippen LogP contribution < -0.4 is 0 Å². The highest BCUT2D eigenvalue weighted by molar-refractivity contribution is 5.94. The van der Waals surface area contributed by atoms with Gasteiger partial charge in [0.2, 0.25) is 0 Å². The molecular weight excluding hydrogens is 280 g/mol. The summed E-state index contributed by atoms with van der Waals surface area (Å²) in [5.41, 5.74) is 4.41. The molecule has 1 atom stereocenters. The molecule has 0 saturated heterocycles. The highest BCUT2D eigenvalue weighted by atomic mass is 16.3. The zero-order valence-corrected chi connectivity index (χ0v) is 12.7. The predicted molar refractivity (Wildman–Crippen MR) is 94.1 cm³/mol. The van der Waals surface area contributed by atoms with Crippen LogP contribution in [-0.4, -0.2) is 5.11 Å². The van der Waals surface area contributed by atoms with Crippen molar-refractivity contribution in [3.05, 3.63) is 101 Å². The summed E-state index contributed by atoms with van der Waals surface area (Å²) < 4.78 is 0. The number of rotatable bonds is 1. The molecule has 1 nitrogen and oxygen atoms in total. The Morgan fingerprint density at radius 2 is 1.52 bits per heavy atom. The van der Waals surface area contributed by atoms with Crippen LogP contribution in [0, 0.1) is 0 Å². The summed E-state index contributed by atoms with van der Waals surface area (Å²) in [6.07, 6.45) is 5.11. The van der Waals surface area contributed by atoms with Crippen molar-refractivity contribution in [3.8, 4) is 0 Å². The van der Waals surface area contributed by atoms with E-state index in [1.54, 1.807) is 0 Å². The molecule has 23 heavy (non-hydrogen) atoms. The van der Waals surface area contributed by atoms with Gasteiger partial charge in [0.05, 0.1) is 0 Å². The van der Waals surface area contributed by atoms with Gasteiger partial charge in [0, 0.05) is 11.1 Å². The Bertz CT molecular complexity index is 1000. The minimum absolute atomic E-state index is 0.809. The summed E-state index contributed by atoms with van der Waals surface area (Å²) >= 11 is 0. The molecule has 0 amide bonds. The van der Waals surface area contributed by atoms with E-state index in [-0.39, 0.29) is 0 Å². The first-order valence-corrected chi connectivity index (χ1v) is 8.01. The fourth-order valence-electron chi connectivity index (χ4n) is 4.14. The zero-order valence-electron chi connectivity index (χ0n) is 12.7. The normalized spacial score (nSPS) is 21.8. The van der Waals surface area contributed by atoms with E-state index in [0.717, 1.165) is 39.5 Å². The van der Waals surface area contributed by atoms with Gasteiger partial charge in [-0.2, -0.15) is 0 Å². The molecule has 3 aromatic carbocycles. The van der Waals surface area contributed by atoms with Gasteiger partial charge in [-0.15, -0.1) is 0 Å². The monoisotopic (exact) mass is 296 g/mol. The van der Waals surface area contributed by atoms with Crippen LogP contribution in [0.2, 0.25) is 0 Å². The standard InChI is InChI=1S/C22H16O/c23-22(19-13-5-8-15-7-1-2-9-16(15)19)20-12-4-3-10-17(20)18-11-6-14-21(18)22/h1-13,23H,14H2/t22-/m0/s1. The van der Waals surface area contributed by atoms with Gasteiger partial charge in [0.1, 0.15) is 5.60 Å². The lowest BCUT2D eigenvalue weighted by Gasteiger charge is -2.29. The second-order valence-electron chi connectivity index (χ2n) is 6.28. The SMILES string of the molecule is O[C@]1(c2cccc3ccccc23)C2=C(C=CC2)c2ccccc21. The quantitative estimate of drug-likeness (QED) is 0.683. The van der Waals surface area contributed by atoms with E-state index in [2.05, 4.69) is 48.6 Å². The summed E-state index contributed by atoms with van der Waals surface area (Å²) in [6.45, 7) is 0. The van der Waals surface area contributed by atoms with Gasteiger partial charge >= 0.3 is 0 Å². The minimum Gasteiger partial charge on any atom is -0.376 e. The van der Waals surface area contributed by atoms with Crippen LogP contribution in [0.15, 0.2) is 84.5 Å². The van der Waals surface area contributed by atoms with Crippen molar-refractivity contribution in [3.63, 3.8) is 0 Å². The Hall–Kier alpha value is -2.64. The lowest BCUT2D eigenvalue weighted by molar-refractivity contribution is 0.125. The lowest BCUT2D eigenvalue weighted by atomic mass is 9.80. The molecule has 2 aliphatic rings. The van der Waals surface area contributed by atoms with Crippen LogP contribution in [0.1, 0.15) is 23.1 Å². The van der Waals surface area contributed by atoms with E-state index in [4.69, 9.17) is 0 Å². The molecule has 0 aliphatic heterocycles. The molecule has 0 radical (unpaired) electrons. The van der Waals surface area contributed by atoms with Gasteiger partial charge in [-0.1, -0.05) is 78.9 Å². The van der Waals surface area contributed by atoms with Crippen molar-refractivity contribution in [1.82, 2.24) is 0 Å². The molecule has 1 N–H and O–H groups in total. The van der Waals surface area contributed by atoms with E-state index in [1.807, 2.05) is 30.3 Å². The first-order chi connectivity index (χ1) is 11.3. The third-order valence-corrected chi connectivity index (χ3v) is 5.15. The fourth-order valence-corrected chi connectivity index (χ4v) is 4.14. The van der Waals surface area contributed by atoms with Crippen LogP contribution >= 0.6 is 0 Å². The van der Waals surface area contributed by atoms with Gasteiger partial charge in [0.15, 0.2) is 0 Å². The van der Waals surface area contributed by atoms with Gasteiger partial charge in [0.25, 0.3) is 0 Å². The van der Waals surface area contributed by atoms with Crippen molar-refractivity contribution in [1.29, 1.82) is 0 Å². The van der Waals surface area contributed by atoms with Crippen molar-refractivity contribution in [2.45, 2.75) is 12.0 Å². The molecule has 0 bridgehead atoms. The molecule has 1 heteroatoms. The summed E-state index contributed by atoms with van der Waals surface area (Å²) in [4.78, 5) is 0. The topological polar surface area (TPSA) is 20.2 Å². The van der Waals surface area contributed by atoms with E-state index < -0.39 is 5.60 Å². The van der Waals surface area contributed by atoms with Crippen LogP contribution in [0.4, 0.5) is 0 Å². The molecule has 110 valence electrons. The zero-order chi connectivity index (χ0) is 15.4. The van der Waals surface area contributed by atoms with E-state index >= 15 is 0 Å². The van der Waals surface area contributed by atoms with Gasteiger partial charge in [-0.05, 0) is 33.9 Å². The summed E-state index contributed by atoms with van der Waals surface area (Å²) in [5.74, 6) is 0. The number of allylic oxidation sites excluding steroid dienone is 3. The maximum Gasteiger partial charge on any atom is 0.138 e. The highest BCUT2D eigenvalue weighted by Crippen LogP contribution is 2.53. The first kappa shape index (κ1) is 12.9. The second kappa shape index (κ2) is 4.43. The van der Waals surface area contributed by atoms with Gasteiger partial charge in [-0.3, -0.25) is 0 Å². The van der Waals surface area contributed by atoms with E-state index in [9.17, 15) is 5.11 Å². The van der Waals surface area contributed by atoms with Crippen molar-refractivity contribution < 1.29 is 5.11 Å². The minimum atomic E-state index is -1.03. The molecule has 0 fully saturated rings. The third-order valence-electron chi connectivity index (χ3n) is 5.15. The Labute approximate surface area is 135 Å². The molecule has 2 aliphatic carbocycles. The van der Waals surface area contributed by atoms with Crippen LogP contribution in [-0.2, 0) is 5.60 Å². The largest absolute Gasteiger partial charge is 0.376 e. The number of fused-ring (bicyclic) bond motifs is 3. The Morgan fingerprint density at radius 1 is 0.783 bits per heavy atom. The molecule has 0 heterocycles. The maximum absolute atomic E-state index is 11.9. The fraction of sp³-hybridized carbons (Fsp3) is 0.0909. The average Bonchev–Trinajstić information content (AvgIpc) is 3.18. The first-order valence-electron chi connectivity index (χ1n) is 8.01. The summed E-state index contributed by atoms with van der Waals surface area (Å²) in [5, 5.41) is 14.2. The number of benzene rings is 3. The predicted octanol–water partition coefficient (Wildman–Crippen LogP) is 4.80. The van der Waals surface area contributed by atoms with Crippen LogP contribution in [0.25, 0.3) is 16.3 Å². The van der Waals surface area contributed by atoms with E-state index in [0.29, 0.717) is 0 Å². The van der Waals surface area contributed by atoms with Crippen molar-refractivity contribution >= 4 is 16.3 Å². The number of hydrogen-bond acceptors (Lipinski definition) is 1. The average molecular weight is 296 g/mol. The highest BCUT2D eigenvalue weighted by Gasteiger charge is 2.45. The lowest BCUT2D eigenvalue weighted by Crippen LogP contribution is -2.27. The molecule has 3 aromatic rings. The van der Waals surface area contributed by atoms with Crippen LogP contribution in [0.3, 0.4) is 0 Å². The smallest absolute Gasteiger partial charge is 0.138 e. The Kier molecular flexibility index (Phi) is 2.48. The number of hydrogen-bond donors (Lipinski definition) is 1. The molecular formula is C22H16O. The number of aliphatic hydroxyl groups is 1. The third kappa shape index (κ3) is 1.55. The van der Waals surface area contributed by atoms with Crippen molar-refractivity contribution in [2.75, 3.05) is 0 Å². The van der Waals surface area contributed by atoms with Crippen LogP contribution in [0.5, 0.6) is 0 Å². The molecule has 0 spiro atoms. The molecule has 0 unspecified atom stereocenters. The molecule has 5 rings (SSSR count). The van der Waals surface area contributed by atoms with Gasteiger partial charge < -0.3 is 5.11 Å². The molecule has 0 aromatic heterocycles. The molecule has 0 saturated carbocycles. The van der Waals surface area contributed by atoms with Gasteiger partial charge in [-0.25, -0.2) is 0 Å². The second-order valence-corrected chi connectivity index (χ2v) is 6.28. The van der Waals surface area contributed by atoms with Crippen molar-refractivity contribution in [2.24, 2.45) is 0 Å². The Morgan fingerprint density at radius 3 is 2.48 bits per heavy atom. The summed E-state index contributed by atoms with van der Waals surface area (Å²) in [6, 6.07) is 22.7. The summed E-state index contributed by atoms with van der Waals surface area (Å²) in [7, 11) is 0. The Balaban J connectivity index is 1.89. The maximum atomic E-state index is 11.9.